The SMILES string of the molecule is N#Cc1cnc(Oc2ccc(Br)cc2Cl)c(N)c1. The standard InChI is InChI=1S/C12H7BrClN3O/c13-8-1-2-11(9(14)4-8)18-12-10(16)3-7(5-15)6-17-12/h1-4,6H,16H2. The molecule has 1 heterocycles. The second-order valence-electron chi connectivity index (χ2n) is 3.41. The third-order valence-electron chi connectivity index (χ3n) is 2.11. The first-order valence-corrected chi connectivity index (χ1v) is 6.06. The van der Waals surface area contributed by atoms with Crippen molar-refractivity contribution in [2.45, 2.75) is 0 Å². The maximum Gasteiger partial charge on any atom is 0.242 e. The zero-order chi connectivity index (χ0) is 13.1. The molecule has 0 saturated heterocycles. The lowest BCUT2D eigenvalue weighted by molar-refractivity contribution is 0.465. The van der Waals surface area contributed by atoms with Crippen molar-refractivity contribution in [1.29, 1.82) is 5.26 Å². The number of nitrogens with zero attached hydrogens (tertiary/aromatic N) is 2. The number of nitriles is 1. The van der Waals surface area contributed by atoms with Crippen molar-refractivity contribution in [1.82, 2.24) is 4.98 Å². The van der Waals surface area contributed by atoms with Crippen LogP contribution in [0.25, 0.3) is 0 Å². The van der Waals surface area contributed by atoms with Crippen LogP contribution in [0.1, 0.15) is 5.56 Å². The predicted molar refractivity (Wildman–Crippen MR) is 72.6 cm³/mol. The molecular formula is C12H7BrClN3O. The third-order valence-corrected chi connectivity index (χ3v) is 2.90. The lowest BCUT2D eigenvalue weighted by atomic mass is 10.3. The van der Waals surface area contributed by atoms with E-state index in [1.54, 1.807) is 18.2 Å². The molecule has 2 aromatic rings. The van der Waals surface area contributed by atoms with Crippen LogP contribution in [0.15, 0.2) is 34.9 Å². The summed E-state index contributed by atoms with van der Waals surface area (Å²) in [6.45, 7) is 0. The van der Waals surface area contributed by atoms with Crippen molar-refractivity contribution in [2.24, 2.45) is 0 Å². The molecule has 90 valence electrons. The molecule has 4 nitrogen and oxygen atoms in total. The van der Waals surface area contributed by atoms with Crippen LogP contribution in [0.3, 0.4) is 0 Å². The molecule has 2 N–H and O–H groups in total. The number of pyridine rings is 1. The summed E-state index contributed by atoms with van der Waals surface area (Å²) in [6, 6.07) is 8.64. The van der Waals surface area contributed by atoms with E-state index in [1.807, 2.05) is 6.07 Å². The molecule has 0 spiro atoms. The fourth-order valence-electron chi connectivity index (χ4n) is 1.28. The van der Waals surface area contributed by atoms with Crippen LogP contribution in [-0.4, -0.2) is 4.98 Å². The fraction of sp³-hybridized carbons (Fsp3) is 0. The van der Waals surface area contributed by atoms with Gasteiger partial charge in [0.2, 0.25) is 5.88 Å². The number of halogens is 2. The van der Waals surface area contributed by atoms with Crippen LogP contribution in [-0.2, 0) is 0 Å². The van der Waals surface area contributed by atoms with E-state index in [-0.39, 0.29) is 11.6 Å². The van der Waals surface area contributed by atoms with Gasteiger partial charge in [-0.3, -0.25) is 0 Å². The van der Waals surface area contributed by atoms with Crippen LogP contribution >= 0.6 is 27.5 Å². The molecule has 0 aliphatic carbocycles. The topological polar surface area (TPSA) is 71.9 Å². The number of aromatic nitrogens is 1. The smallest absolute Gasteiger partial charge is 0.242 e. The van der Waals surface area contributed by atoms with Crippen molar-refractivity contribution in [3.8, 4) is 17.7 Å². The minimum absolute atomic E-state index is 0.221. The number of ether oxygens (including phenoxy) is 1. The zero-order valence-electron chi connectivity index (χ0n) is 9.02. The average Bonchev–Trinajstić information content (AvgIpc) is 2.34. The van der Waals surface area contributed by atoms with Crippen molar-refractivity contribution < 1.29 is 4.74 Å². The number of nitrogen functional groups attached to an aromatic ring is 1. The molecule has 0 aliphatic heterocycles. The summed E-state index contributed by atoms with van der Waals surface area (Å²) >= 11 is 9.31. The average molecular weight is 325 g/mol. The number of rotatable bonds is 2. The van der Waals surface area contributed by atoms with E-state index in [9.17, 15) is 0 Å². The lowest BCUT2D eigenvalue weighted by Crippen LogP contribution is -1.96. The Morgan fingerprint density at radius 2 is 2.17 bits per heavy atom. The van der Waals surface area contributed by atoms with Crippen LogP contribution in [0, 0.1) is 11.3 Å². The fourth-order valence-corrected chi connectivity index (χ4v) is 1.99. The van der Waals surface area contributed by atoms with Crippen LogP contribution in [0.5, 0.6) is 11.6 Å². The first-order valence-electron chi connectivity index (χ1n) is 4.88. The first-order chi connectivity index (χ1) is 8.60. The van der Waals surface area contributed by atoms with Crippen molar-refractivity contribution in [2.75, 3.05) is 5.73 Å². The van der Waals surface area contributed by atoms with E-state index in [0.717, 1.165) is 4.47 Å². The highest BCUT2D eigenvalue weighted by Crippen LogP contribution is 2.33. The molecule has 0 atom stereocenters. The zero-order valence-corrected chi connectivity index (χ0v) is 11.4. The number of nitrogens with two attached hydrogens (primary N) is 1. The molecule has 18 heavy (non-hydrogen) atoms. The van der Waals surface area contributed by atoms with Crippen LogP contribution < -0.4 is 10.5 Å². The minimum Gasteiger partial charge on any atom is -0.435 e. The highest BCUT2D eigenvalue weighted by molar-refractivity contribution is 9.10. The summed E-state index contributed by atoms with van der Waals surface area (Å²) < 4.78 is 6.34. The number of benzene rings is 1. The Kier molecular flexibility index (Phi) is 3.70. The van der Waals surface area contributed by atoms with Gasteiger partial charge in [-0.05, 0) is 24.3 Å². The molecule has 0 aliphatic rings. The minimum atomic E-state index is 0.221. The summed E-state index contributed by atoms with van der Waals surface area (Å²) in [6.07, 6.45) is 1.39. The summed E-state index contributed by atoms with van der Waals surface area (Å²) in [4.78, 5) is 3.97. The normalized spacial score (nSPS) is 9.83. The summed E-state index contributed by atoms with van der Waals surface area (Å²) in [7, 11) is 0. The molecule has 1 aromatic carbocycles. The van der Waals surface area contributed by atoms with Crippen molar-refractivity contribution in [3.63, 3.8) is 0 Å². The lowest BCUT2D eigenvalue weighted by Gasteiger charge is -2.08. The van der Waals surface area contributed by atoms with Crippen LogP contribution in [0.2, 0.25) is 5.02 Å². The van der Waals surface area contributed by atoms with Gasteiger partial charge in [-0.2, -0.15) is 5.26 Å². The van der Waals surface area contributed by atoms with E-state index in [4.69, 9.17) is 27.3 Å². The second kappa shape index (κ2) is 5.25. The molecule has 6 heteroatoms. The van der Waals surface area contributed by atoms with Gasteiger partial charge in [0, 0.05) is 10.7 Å². The largest absolute Gasteiger partial charge is 0.435 e. The van der Waals surface area contributed by atoms with Crippen LogP contribution in [0.4, 0.5) is 5.69 Å². The number of hydrogen-bond donors (Lipinski definition) is 1. The highest BCUT2D eigenvalue weighted by atomic mass is 79.9. The van der Waals surface area contributed by atoms with Gasteiger partial charge >= 0.3 is 0 Å². The van der Waals surface area contributed by atoms with E-state index >= 15 is 0 Å². The Hall–Kier alpha value is -1.77. The van der Waals surface area contributed by atoms with Gasteiger partial charge in [-0.25, -0.2) is 4.98 Å². The molecule has 1 aromatic heterocycles. The third kappa shape index (κ3) is 2.73. The van der Waals surface area contributed by atoms with Gasteiger partial charge < -0.3 is 10.5 Å². The molecule has 0 saturated carbocycles. The molecule has 2 rings (SSSR count). The number of anilines is 1. The van der Waals surface area contributed by atoms with Gasteiger partial charge in [0.25, 0.3) is 0 Å². The van der Waals surface area contributed by atoms with E-state index in [2.05, 4.69) is 20.9 Å². The van der Waals surface area contributed by atoms with Crippen molar-refractivity contribution in [3.05, 3.63) is 45.5 Å². The number of hydrogen-bond acceptors (Lipinski definition) is 4. The summed E-state index contributed by atoms with van der Waals surface area (Å²) in [5.41, 5.74) is 6.40. The Bertz CT molecular complexity index is 640. The molecular weight excluding hydrogens is 318 g/mol. The van der Waals surface area contributed by atoms with Gasteiger partial charge in [-0.1, -0.05) is 27.5 Å². The van der Waals surface area contributed by atoms with E-state index < -0.39 is 0 Å². The van der Waals surface area contributed by atoms with Gasteiger partial charge in [0.15, 0.2) is 0 Å². The second-order valence-corrected chi connectivity index (χ2v) is 4.73. The summed E-state index contributed by atoms with van der Waals surface area (Å²) in [5.74, 6) is 0.669. The van der Waals surface area contributed by atoms with Gasteiger partial charge in [0.1, 0.15) is 11.8 Å². The Morgan fingerprint density at radius 1 is 1.39 bits per heavy atom. The Balaban J connectivity index is 2.32. The summed E-state index contributed by atoms with van der Waals surface area (Å²) in [5, 5.41) is 9.14. The molecule has 0 radical (unpaired) electrons. The molecule has 0 fully saturated rings. The molecule has 0 bridgehead atoms. The first kappa shape index (κ1) is 12.7. The van der Waals surface area contributed by atoms with Gasteiger partial charge in [-0.15, -0.1) is 0 Å². The Morgan fingerprint density at radius 3 is 2.78 bits per heavy atom. The maximum absolute atomic E-state index is 8.70. The highest BCUT2D eigenvalue weighted by Gasteiger charge is 2.08. The maximum atomic E-state index is 8.70. The Labute approximate surface area is 117 Å². The van der Waals surface area contributed by atoms with Gasteiger partial charge in [0.05, 0.1) is 16.3 Å². The quantitative estimate of drug-likeness (QED) is 0.913. The molecule has 0 amide bonds. The predicted octanol–water partition coefficient (Wildman–Crippen LogP) is 3.74. The van der Waals surface area contributed by atoms with Crippen molar-refractivity contribution >= 4 is 33.2 Å². The van der Waals surface area contributed by atoms with E-state index in [0.29, 0.717) is 16.3 Å². The van der Waals surface area contributed by atoms with E-state index in [1.165, 1.54) is 12.3 Å². The molecule has 0 unspecified atom stereocenters. The monoisotopic (exact) mass is 323 g/mol.